The van der Waals surface area contributed by atoms with Crippen LogP contribution in [-0.4, -0.2) is 116 Å². The summed E-state index contributed by atoms with van der Waals surface area (Å²) in [6.45, 7) is 2.59. The molecule has 6 aromatic heterocycles. The van der Waals surface area contributed by atoms with Crippen molar-refractivity contribution in [1.82, 2.24) is 40.4 Å². The number of nitrogens with zero attached hydrogens (tertiary/aromatic N) is 6. The minimum absolute atomic E-state index is 0.0124. The van der Waals surface area contributed by atoms with Gasteiger partial charge in [0, 0.05) is 131 Å². The van der Waals surface area contributed by atoms with Gasteiger partial charge in [-0.15, -0.1) is 0 Å². The lowest BCUT2D eigenvalue weighted by molar-refractivity contribution is -0.126. The van der Waals surface area contributed by atoms with Crippen LogP contribution >= 0.6 is 0 Å². The zero-order valence-corrected chi connectivity index (χ0v) is 71.1. The van der Waals surface area contributed by atoms with Crippen molar-refractivity contribution >= 4 is 78.5 Å². The molecule has 12 heterocycles. The maximum atomic E-state index is 16.9. The molecule has 4 fully saturated rings. The molecule has 0 bridgehead atoms. The Morgan fingerprint density at radius 1 is 0.299 bits per heavy atom. The molecule has 6 amide bonds. The number of carbonyl (C=O) groups excluding carboxylic acids is 6. The van der Waals surface area contributed by atoms with Crippen molar-refractivity contribution < 1.29 is 94.4 Å². The van der Waals surface area contributed by atoms with Crippen LogP contribution in [-0.2, 0) is 67.3 Å². The van der Waals surface area contributed by atoms with E-state index >= 15 is 28.8 Å². The van der Waals surface area contributed by atoms with E-state index in [1.807, 2.05) is 109 Å². The molecule has 0 saturated carbocycles. The highest BCUT2D eigenvalue weighted by molar-refractivity contribution is 6.45. The number of carbonyl (C=O) groups is 6. The number of rotatable bonds is 34. The van der Waals surface area contributed by atoms with Crippen LogP contribution in [0.2, 0.25) is 0 Å². The highest BCUT2D eigenvalue weighted by Crippen LogP contribution is 2.59. The summed E-state index contributed by atoms with van der Waals surface area (Å²) in [7, 11) is 0. The molecular formula is C106H76N8O20. The van der Waals surface area contributed by atoms with E-state index in [1.54, 1.807) is 134 Å². The second-order valence-electron chi connectivity index (χ2n) is 33.2. The van der Waals surface area contributed by atoms with Crippen LogP contribution in [0.3, 0.4) is 0 Å². The normalized spacial score (nSPS) is 16.6. The maximum Gasteiger partial charge on any atom is 0.262 e. The summed E-state index contributed by atoms with van der Waals surface area (Å²) in [5.41, 5.74) is 4.69. The Balaban J connectivity index is 0.776. The van der Waals surface area contributed by atoms with Crippen LogP contribution < -0.4 is 48.5 Å². The van der Waals surface area contributed by atoms with Gasteiger partial charge in [-0.1, -0.05) is 60.7 Å². The van der Waals surface area contributed by atoms with Gasteiger partial charge in [0.25, 0.3) is 35.4 Å². The maximum absolute atomic E-state index is 16.9. The van der Waals surface area contributed by atoms with Crippen molar-refractivity contribution in [2.75, 3.05) is 26.4 Å². The van der Waals surface area contributed by atoms with E-state index in [0.717, 1.165) is 43.2 Å². The number of fused-ring (bicyclic) bond motifs is 2. The highest BCUT2D eigenvalue weighted by atomic mass is 16.6. The molecule has 6 atom stereocenters. The van der Waals surface area contributed by atoms with Crippen LogP contribution in [0.4, 0.5) is 0 Å². The standard InChI is InChI=1S/C106H76N8O20/c115-101(111-53-59-9-3-1-4-10-59)99(81-13-7-39-121-81)113-103(117)77-49-83(127-65-15-23-69(24-16-65)131-87-45-61(31-35-107-87)41-73-55-123-73)93-95-85(129-67-19-27-71(28-20-67)133-89-47-63(33-37-109-89)43-75-57-125-75)51-79-92-80(106(120)114(105(79)119)100(82-14-8-40-122-82)102(116)112-54-60-11-5-2-6-12-60)52-86(130-68-21-29-72(30-22-68)134-90-48-64(34-38-110-90)44-76-58-126-76)96(98(92)95)94-84(50-78(104(113)118)91(77)97(93)94)128-66-17-25-70(26-18-66)132-88-46-62(32-36-108-88)42-74-56-124-74/h1-40,45-52,73-76,99-100H,41-44,53-58H2,(H,111,115)(H,112,116). The Kier molecular flexibility index (Phi) is 21.2. The van der Waals surface area contributed by atoms with Gasteiger partial charge in [-0.3, -0.25) is 38.6 Å². The number of hydrogen-bond acceptors (Lipinski definition) is 24. The fourth-order valence-electron chi connectivity index (χ4n) is 17.4. The molecule has 0 radical (unpaired) electrons. The van der Waals surface area contributed by atoms with Gasteiger partial charge in [0.05, 0.1) is 85.6 Å². The topological polar surface area (TPSA) is 335 Å². The summed E-state index contributed by atoms with van der Waals surface area (Å²) in [4.78, 5) is 118. The van der Waals surface area contributed by atoms with Crippen LogP contribution in [0.5, 0.6) is 92.5 Å². The molecule has 660 valence electrons. The molecule has 28 nitrogen and oxygen atoms in total. The zero-order chi connectivity index (χ0) is 90.0. The number of aromatic nitrogens is 4. The summed E-state index contributed by atoms with van der Waals surface area (Å²) < 4.78 is 89.8. The van der Waals surface area contributed by atoms with Crippen molar-refractivity contribution in [2.24, 2.45) is 0 Å². The molecule has 0 spiro atoms. The molecule has 23 rings (SSSR count). The average Bonchev–Trinajstić information content (AvgIpc) is 1.34. The summed E-state index contributed by atoms with van der Waals surface area (Å²) in [5.74, 6) is -2.38. The number of pyridine rings is 4. The number of epoxide rings is 4. The zero-order valence-electron chi connectivity index (χ0n) is 71.1. The summed E-state index contributed by atoms with van der Waals surface area (Å²) in [6.07, 6.45) is 12.4. The third-order valence-electron chi connectivity index (χ3n) is 24.0. The minimum atomic E-state index is -1.76. The molecular weight excluding hydrogens is 1710 g/mol. The quantitative estimate of drug-likeness (QED) is 0.0164. The molecule has 17 aromatic rings. The Bertz CT molecular complexity index is 6660. The van der Waals surface area contributed by atoms with Crippen LogP contribution in [0, 0.1) is 0 Å². The van der Waals surface area contributed by atoms with E-state index < -0.39 is 47.5 Å². The number of nitrogens with one attached hydrogen (secondary N) is 2. The molecule has 11 aromatic carbocycles. The summed E-state index contributed by atoms with van der Waals surface area (Å²) in [5, 5.41) is 6.74. The van der Waals surface area contributed by atoms with Gasteiger partial charge in [-0.05, 0) is 203 Å². The van der Waals surface area contributed by atoms with Gasteiger partial charge >= 0.3 is 0 Å². The number of furan rings is 2. The van der Waals surface area contributed by atoms with Gasteiger partial charge in [0.15, 0.2) is 12.1 Å². The lowest BCUT2D eigenvalue weighted by Gasteiger charge is -2.35. The first-order chi connectivity index (χ1) is 65.8. The first-order valence-electron chi connectivity index (χ1n) is 43.7. The number of hydrogen-bond donors (Lipinski definition) is 2. The van der Waals surface area contributed by atoms with E-state index in [0.29, 0.717) is 98.6 Å². The fourth-order valence-corrected chi connectivity index (χ4v) is 17.4. The Morgan fingerprint density at radius 3 is 0.791 bits per heavy atom. The van der Waals surface area contributed by atoms with E-state index in [9.17, 15) is 0 Å². The first kappa shape index (κ1) is 81.8. The molecule has 4 saturated heterocycles. The van der Waals surface area contributed by atoms with Gasteiger partial charge < -0.3 is 76.3 Å². The van der Waals surface area contributed by atoms with Crippen molar-refractivity contribution in [2.45, 2.75) is 75.3 Å². The van der Waals surface area contributed by atoms with Crippen molar-refractivity contribution in [3.05, 3.63) is 359 Å². The first-order valence-corrected chi connectivity index (χ1v) is 43.7. The second kappa shape index (κ2) is 34.7. The Hall–Kier alpha value is -16.7. The Morgan fingerprint density at radius 2 is 0.552 bits per heavy atom. The lowest BCUT2D eigenvalue weighted by Crippen LogP contribution is -2.48. The predicted octanol–water partition coefficient (Wildman–Crippen LogP) is 19.9. The SMILES string of the molecule is O=C(NCc1ccccc1)C(c1ccco1)N1C(=O)c2cc(Oc3ccc(Oc4cc(CC5CO5)ccn4)cc3)c3c4c(Oc5ccc(Oc6cc(CC7CO7)ccn6)cc5)cc5c6c(cc(Oc7ccc(Oc8cc(CC9CO9)ccn8)cc7)c(c7c(Oc8ccc(Oc9cc(CC%10CO%10)ccn9)cc8)cc(c2c37)C1=O)c64)C(=O)N(C(C(=O)NCc1ccccc1)c1ccco1)C5=O. The molecule has 2 N–H and O–H groups in total. The van der Waals surface area contributed by atoms with E-state index in [4.69, 9.17) is 65.7 Å². The number of benzene rings is 11. The number of imide groups is 2. The van der Waals surface area contributed by atoms with Gasteiger partial charge in [0.1, 0.15) is 80.5 Å². The Labute approximate surface area is 762 Å². The summed E-state index contributed by atoms with van der Waals surface area (Å²) in [6, 6.07) is 68.6. The highest BCUT2D eigenvalue weighted by Gasteiger charge is 2.49. The monoisotopic (exact) mass is 1780 g/mol. The third-order valence-corrected chi connectivity index (χ3v) is 24.0. The minimum Gasteiger partial charge on any atom is -0.467 e. The molecule has 6 aliphatic heterocycles. The number of amides is 6. The van der Waals surface area contributed by atoms with Gasteiger partial charge in [-0.2, -0.15) is 0 Å². The van der Waals surface area contributed by atoms with Crippen molar-refractivity contribution in [1.29, 1.82) is 0 Å². The van der Waals surface area contributed by atoms with E-state index in [-0.39, 0.29) is 160 Å². The van der Waals surface area contributed by atoms with Crippen molar-refractivity contribution in [3.63, 3.8) is 0 Å². The third kappa shape index (κ3) is 16.8. The largest absolute Gasteiger partial charge is 0.467 e. The summed E-state index contributed by atoms with van der Waals surface area (Å²) >= 11 is 0. The lowest BCUT2D eigenvalue weighted by atomic mass is 9.80. The predicted molar refractivity (Wildman–Crippen MR) is 485 cm³/mol. The second-order valence-corrected chi connectivity index (χ2v) is 33.2. The smallest absolute Gasteiger partial charge is 0.262 e. The van der Waals surface area contributed by atoms with Crippen LogP contribution in [0.15, 0.2) is 301 Å². The fraction of sp³-hybridized carbons (Fsp3) is 0.151. The van der Waals surface area contributed by atoms with Gasteiger partial charge in [0.2, 0.25) is 23.5 Å². The van der Waals surface area contributed by atoms with E-state index in [2.05, 4.69) is 30.6 Å². The van der Waals surface area contributed by atoms with E-state index in [1.165, 1.54) is 48.9 Å². The molecule has 28 heteroatoms. The number of ether oxygens (including phenoxy) is 12. The van der Waals surface area contributed by atoms with Crippen LogP contribution in [0.1, 0.15) is 98.4 Å². The van der Waals surface area contributed by atoms with Crippen molar-refractivity contribution in [3.8, 4) is 92.5 Å². The average molecular weight is 1780 g/mol. The molecule has 0 aliphatic carbocycles. The van der Waals surface area contributed by atoms with Crippen LogP contribution in [0.25, 0.3) is 43.1 Å². The molecule has 6 aliphatic rings. The molecule has 134 heavy (non-hydrogen) atoms. The van der Waals surface area contributed by atoms with Gasteiger partial charge in [-0.25, -0.2) is 19.9 Å². The molecule has 6 unspecified atom stereocenters.